The lowest BCUT2D eigenvalue weighted by Gasteiger charge is -2.04. The maximum Gasteiger partial charge on any atom is 0.101 e. The van der Waals surface area contributed by atoms with E-state index in [-0.39, 0.29) is 0 Å². The van der Waals surface area contributed by atoms with Crippen LogP contribution in [0.4, 0.5) is 0 Å². The Morgan fingerprint density at radius 2 is 1.88 bits per heavy atom. The van der Waals surface area contributed by atoms with Crippen molar-refractivity contribution in [2.45, 2.75) is 20.8 Å². The van der Waals surface area contributed by atoms with Gasteiger partial charge < -0.3 is 4.98 Å². The normalized spacial score (nSPS) is 10.1. The molecule has 0 aliphatic heterocycles. The van der Waals surface area contributed by atoms with Gasteiger partial charge in [0.15, 0.2) is 0 Å². The molecule has 0 spiro atoms. The summed E-state index contributed by atoms with van der Waals surface area (Å²) in [5.41, 5.74) is 6.29. The first-order valence-corrected chi connectivity index (χ1v) is 5.29. The quantitative estimate of drug-likeness (QED) is 0.769. The largest absolute Gasteiger partial charge is 0.358 e. The fourth-order valence-corrected chi connectivity index (χ4v) is 1.85. The molecule has 0 bridgehead atoms. The molecule has 16 heavy (non-hydrogen) atoms. The van der Waals surface area contributed by atoms with Crippen molar-refractivity contribution in [1.82, 2.24) is 4.98 Å². The van der Waals surface area contributed by atoms with Gasteiger partial charge in [0, 0.05) is 17.0 Å². The van der Waals surface area contributed by atoms with Gasteiger partial charge in [-0.25, -0.2) is 0 Å². The molecule has 2 rings (SSSR count). The Morgan fingerprint density at radius 1 is 1.12 bits per heavy atom. The first-order valence-electron chi connectivity index (χ1n) is 5.29. The van der Waals surface area contributed by atoms with Crippen LogP contribution in [0.2, 0.25) is 0 Å². The van der Waals surface area contributed by atoms with E-state index in [0.717, 1.165) is 17.0 Å². The molecule has 0 amide bonds. The lowest BCUT2D eigenvalue weighted by atomic mass is 10.0. The number of aromatic nitrogens is 1. The zero-order valence-electron chi connectivity index (χ0n) is 9.76. The van der Waals surface area contributed by atoms with Crippen LogP contribution in [-0.4, -0.2) is 4.98 Å². The number of nitrogens with one attached hydrogen (secondary N) is 1. The van der Waals surface area contributed by atoms with E-state index in [2.05, 4.69) is 43.1 Å². The van der Waals surface area contributed by atoms with E-state index in [1.807, 2.05) is 13.0 Å². The summed E-state index contributed by atoms with van der Waals surface area (Å²) in [4.78, 5) is 3.26. The fraction of sp³-hybridized carbons (Fsp3) is 0.214. The van der Waals surface area contributed by atoms with Crippen LogP contribution < -0.4 is 0 Å². The molecule has 0 radical (unpaired) electrons. The maximum atomic E-state index is 8.93. The minimum Gasteiger partial charge on any atom is -0.358 e. The van der Waals surface area contributed by atoms with Crippen molar-refractivity contribution >= 4 is 0 Å². The van der Waals surface area contributed by atoms with Crippen molar-refractivity contribution in [1.29, 1.82) is 5.26 Å². The maximum absolute atomic E-state index is 8.93. The molecule has 2 heteroatoms. The summed E-state index contributed by atoms with van der Waals surface area (Å²) in [6.07, 6.45) is 0. The van der Waals surface area contributed by atoms with E-state index in [9.17, 15) is 0 Å². The van der Waals surface area contributed by atoms with E-state index >= 15 is 0 Å². The van der Waals surface area contributed by atoms with Gasteiger partial charge in [-0.2, -0.15) is 5.26 Å². The van der Waals surface area contributed by atoms with Crippen LogP contribution in [0.3, 0.4) is 0 Å². The highest BCUT2D eigenvalue weighted by Gasteiger charge is 2.08. The summed E-state index contributed by atoms with van der Waals surface area (Å²) in [5, 5.41) is 8.93. The van der Waals surface area contributed by atoms with Gasteiger partial charge in [0.2, 0.25) is 0 Å². The lowest BCUT2D eigenvalue weighted by molar-refractivity contribution is 1.24. The van der Waals surface area contributed by atoms with Crippen molar-refractivity contribution in [3.8, 4) is 17.3 Å². The van der Waals surface area contributed by atoms with Crippen LogP contribution >= 0.6 is 0 Å². The summed E-state index contributed by atoms with van der Waals surface area (Å²) in [5.74, 6) is 0. The van der Waals surface area contributed by atoms with E-state index < -0.39 is 0 Å². The summed E-state index contributed by atoms with van der Waals surface area (Å²) in [6, 6.07) is 10.4. The Balaban J connectivity index is 2.59. The highest BCUT2D eigenvalue weighted by molar-refractivity contribution is 5.67. The number of benzene rings is 1. The van der Waals surface area contributed by atoms with Crippen molar-refractivity contribution in [3.63, 3.8) is 0 Å². The Labute approximate surface area is 95.6 Å². The molecule has 1 heterocycles. The Hall–Kier alpha value is -2.01. The average molecular weight is 210 g/mol. The van der Waals surface area contributed by atoms with Crippen LogP contribution in [0.25, 0.3) is 11.3 Å². The number of nitrogens with zero attached hydrogens (tertiary/aromatic N) is 1. The molecular formula is C14H14N2. The third-order valence-corrected chi connectivity index (χ3v) is 2.82. The smallest absolute Gasteiger partial charge is 0.101 e. The van der Waals surface area contributed by atoms with E-state index in [4.69, 9.17) is 5.26 Å². The van der Waals surface area contributed by atoms with Crippen molar-refractivity contribution in [3.05, 3.63) is 46.6 Å². The minimum atomic E-state index is 0.718. The van der Waals surface area contributed by atoms with Gasteiger partial charge in [0.1, 0.15) is 6.07 Å². The highest BCUT2D eigenvalue weighted by Crippen LogP contribution is 2.25. The predicted molar refractivity (Wildman–Crippen MR) is 65.2 cm³/mol. The second-order valence-corrected chi connectivity index (χ2v) is 4.15. The predicted octanol–water partition coefficient (Wildman–Crippen LogP) is 3.48. The Morgan fingerprint density at radius 3 is 2.50 bits per heavy atom. The first-order chi connectivity index (χ1) is 7.61. The first kappa shape index (κ1) is 10.5. The number of aryl methyl sites for hydroxylation is 3. The van der Waals surface area contributed by atoms with Gasteiger partial charge in [-0.15, -0.1) is 0 Å². The van der Waals surface area contributed by atoms with Crippen LogP contribution in [0, 0.1) is 32.1 Å². The molecule has 0 saturated heterocycles. The zero-order valence-corrected chi connectivity index (χ0v) is 9.76. The van der Waals surface area contributed by atoms with E-state index in [1.165, 1.54) is 16.7 Å². The number of rotatable bonds is 1. The van der Waals surface area contributed by atoms with Gasteiger partial charge in [-0.3, -0.25) is 0 Å². The molecule has 1 N–H and O–H groups in total. The van der Waals surface area contributed by atoms with Crippen LogP contribution in [-0.2, 0) is 0 Å². The van der Waals surface area contributed by atoms with Crippen molar-refractivity contribution in [2.75, 3.05) is 0 Å². The minimum absolute atomic E-state index is 0.718. The standard InChI is InChI=1S/C14H14N2/c1-9-4-5-10(2)13(6-9)14-7-12(8-15)11(3)16-14/h4-7,16H,1-3H3. The Kier molecular flexibility index (Phi) is 2.54. The van der Waals surface area contributed by atoms with Gasteiger partial charge in [0.05, 0.1) is 5.56 Å². The van der Waals surface area contributed by atoms with Crippen molar-refractivity contribution in [2.24, 2.45) is 0 Å². The second kappa shape index (κ2) is 3.86. The molecule has 2 aromatic rings. The molecule has 0 atom stereocenters. The number of aromatic amines is 1. The third-order valence-electron chi connectivity index (χ3n) is 2.82. The molecule has 0 aliphatic rings. The highest BCUT2D eigenvalue weighted by atomic mass is 14.7. The van der Waals surface area contributed by atoms with Gasteiger partial charge >= 0.3 is 0 Å². The van der Waals surface area contributed by atoms with E-state index in [0.29, 0.717) is 0 Å². The molecular weight excluding hydrogens is 196 g/mol. The van der Waals surface area contributed by atoms with Gasteiger partial charge in [-0.1, -0.05) is 17.7 Å². The summed E-state index contributed by atoms with van der Waals surface area (Å²) >= 11 is 0. The molecule has 0 fully saturated rings. The van der Waals surface area contributed by atoms with Crippen LogP contribution in [0.1, 0.15) is 22.4 Å². The molecule has 0 aliphatic carbocycles. The van der Waals surface area contributed by atoms with Crippen molar-refractivity contribution < 1.29 is 0 Å². The fourth-order valence-electron chi connectivity index (χ4n) is 1.85. The molecule has 80 valence electrons. The van der Waals surface area contributed by atoms with Gasteiger partial charge in [0.25, 0.3) is 0 Å². The van der Waals surface area contributed by atoms with Crippen LogP contribution in [0.5, 0.6) is 0 Å². The molecule has 1 aromatic heterocycles. The second-order valence-electron chi connectivity index (χ2n) is 4.15. The topological polar surface area (TPSA) is 39.6 Å². The SMILES string of the molecule is Cc1ccc(C)c(-c2cc(C#N)c(C)[nH]2)c1. The zero-order chi connectivity index (χ0) is 11.7. The average Bonchev–Trinajstić information content (AvgIpc) is 2.63. The molecule has 1 aromatic carbocycles. The number of H-pyrrole nitrogens is 1. The molecule has 0 unspecified atom stereocenters. The summed E-state index contributed by atoms with van der Waals surface area (Å²) < 4.78 is 0. The number of hydrogen-bond acceptors (Lipinski definition) is 1. The molecule has 2 nitrogen and oxygen atoms in total. The van der Waals surface area contributed by atoms with Gasteiger partial charge in [-0.05, 0) is 38.5 Å². The Bertz CT molecular complexity index is 571. The number of hydrogen-bond donors (Lipinski definition) is 1. The lowest BCUT2D eigenvalue weighted by Crippen LogP contribution is -1.84. The van der Waals surface area contributed by atoms with Crippen LogP contribution in [0.15, 0.2) is 24.3 Å². The monoisotopic (exact) mass is 210 g/mol. The summed E-state index contributed by atoms with van der Waals surface area (Å²) in [6.45, 7) is 6.08. The summed E-state index contributed by atoms with van der Waals surface area (Å²) in [7, 11) is 0. The van der Waals surface area contributed by atoms with E-state index in [1.54, 1.807) is 0 Å². The third kappa shape index (κ3) is 1.72. The number of nitriles is 1. The molecule has 0 saturated carbocycles.